The van der Waals surface area contributed by atoms with E-state index >= 15 is 0 Å². The van der Waals surface area contributed by atoms with Gasteiger partial charge in [0.15, 0.2) is 5.96 Å². The van der Waals surface area contributed by atoms with E-state index < -0.39 is 0 Å². The van der Waals surface area contributed by atoms with E-state index in [1.165, 1.54) is 32.1 Å². The van der Waals surface area contributed by atoms with Crippen molar-refractivity contribution in [2.45, 2.75) is 71.3 Å². The van der Waals surface area contributed by atoms with E-state index in [-0.39, 0.29) is 29.9 Å². The van der Waals surface area contributed by atoms with E-state index in [1.54, 1.807) is 7.05 Å². The van der Waals surface area contributed by atoms with E-state index in [9.17, 15) is 4.79 Å². The van der Waals surface area contributed by atoms with Gasteiger partial charge in [-0.2, -0.15) is 0 Å². The van der Waals surface area contributed by atoms with Crippen LogP contribution in [-0.4, -0.2) is 49.5 Å². The molecule has 0 aromatic carbocycles. The Balaban J connectivity index is 0.00000484. The summed E-state index contributed by atoms with van der Waals surface area (Å²) in [6, 6.07) is 0.400. The van der Waals surface area contributed by atoms with E-state index in [1.807, 2.05) is 4.90 Å². The maximum Gasteiger partial charge on any atom is 0.224 e. The Bertz CT molecular complexity index is 349. The first-order valence-corrected chi connectivity index (χ1v) is 8.93. The minimum absolute atomic E-state index is 0. The number of hydrogen-bond acceptors (Lipinski definition) is 2. The van der Waals surface area contributed by atoms with Crippen molar-refractivity contribution in [2.24, 2.45) is 4.99 Å². The highest BCUT2D eigenvalue weighted by atomic mass is 127. The zero-order valence-corrected chi connectivity index (χ0v) is 17.4. The van der Waals surface area contributed by atoms with Crippen LogP contribution in [0.15, 0.2) is 4.99 Å². The molecule has 1 saturated heterocycles. The number of likely N-dealkylation sites (tertiary alicyclic amines) is 1. The molecule has 0 radical (unpaired) electrons. The maximum atomic E-state index is 12.2. The molecule has 1 unspecified atom stereocenters. The van der Waals surface area contributed by atoms with Crippen molar-refractivity contribution in [3.8, 4) is 0 Å². The number of guanidine groups is 1. The number of nitrogens with zero attached hydrogens (tertiary/aromatic N) is 2. The summed E-state index contributed by atoms with van der Waals surface area (Å²) in [6.07, 6.45) is 9.04. The van der Waals surface area contributed by atoms with Crippen molar-refractivity contribution in [2.75, 3.05) is 26.7 Å². The lowest BCUT2D eigenvalue weighted by Crippen LogP contribution is -2.44. The maximum absolute atomic E-state index is 12.2. The second kappa shape index (κ2) is 13.9. The molecule has 1 atom stereocenters. The van der Waals surface area contributed by atoms with Gasteiger partial charge in [-0.3, -0.25) is 9.79 Å². The predicted molar refractivity (Wildman–Crippen MR) is 109 cm³/mol. The zero-order valence-electron chi connectivity index (χ0n) is 15.1. The summed E-state index contributed by atoms with van der Waals surface area (Å²) in [5, 5.41) is 6.54. The molecule has 5 nitrogen and oxygen atoms in total. The van der Waals surface area contributed by atoms with Crippen LogP contribution in [0, 0.1) is 0 Å². The highest BCUT2D eigenvalue weighted by Gasteiger charge is 2.22. The fourth-order valence-electron chi connectivity index (χ4n) is 2.88. The third-order valence-corrected chi connectivity index (χ3v) is 4.30. The number of hydrogen-bond donors (Lipinski definition) is 2. The summed E-state index contributed by atoms with van der Waals surface area (Å²) in [4.78, 5) is 18.5. The number of amides is 1. The molecule has 0 saturated carbocycles. The van der Waals surface area contributed by atoms with E-state index in [2.05, 4.69) is 29.5 Å². The van der Waals surface area contributed by atoms with Crippen molar-refractivity contribution in [1.29, 1.82) is 0 Å². The lowest BCUT2D eigenvalue weighted by molar-refractivity contribution is -0.134. The second-order valence-corrected chi connectivity index (χ2v) is 6.17. The van der Waals surface area contributed by atoms with Gasteiger partial charge >= 0.3 is 0 Å². The van der Waals surface area contributed by atoms with Gasteiger partial charge in [-0.1, -0.05) is 26.2 Å². The molecule has 2 N–H and O–H groups in total. The highest BCUT2D eigenvalue weighted by molar-refractivity contribution is 14.0. The number of aliphatic imine (C=N–C) groups is 1. The van der Waals surface area contributed by atoms with Crippen LogP contribution in [0.3, 0.4) is 0 Å². The van der Waals surface area contributed by atoms with Crippen LogP contribution in [0.5, 0.6) is 0 Å². The van der Waals surface area contributed by atoms with Crippen molar-refractivity contribution in [1.82, 2.24) is 15.5 Å². The van der Waals surface area contributed by atoms with Gasteiger partial charge in [0.1, 0.15) is 0 Å². The molecule has 1 amide bonds. The fraction of sp³-hybridized carbons (Fsp3) is 0.882. The number of unbranched alkanes of at least 4 members (excludes halogenated alkanes) is 3. The number of carbonyl (C=O) groups is 1. The first-order valence-electron chi connectivity index (χ1n) is 8.93. The van der Waals surface area contributed by atoms with E-state index in [0.717, 1.165) is 31.9 Å². The van der Waals surface area contributed by atoms with Crippen LogP contribution in [0.1, 0.15) is 65.2 Å². The summed E-state index contributed by atoms with van der Waals surface area (Å²) in [6.45, 7) is 6.88. The molecular formula is C17H35IN4O. The van der Waals surface area contributed by atoms with Gasteiger partial charge in [-0.05, 0) is 32.6 Å². The molecule has 0 aromatic heterocycles. The summed E-state index contributed by atoms with van der Waals surface area (Å²) < 4.78 is 0. The van der Waals surface area contributed by atoms with Gasteiger partial charge in [0.05, 0.1) is 0 Å². The molecule has 1 aliphatic heterocycles. The van der Waals surface area contributed by atoms with Crippen LogP contribution in [0.4, 0.5) is 0 Å². The Kier molecular flexibility index (Phi) is 13.5. The second-order valence-electron chi connectivity index (χ2n) is 6.17. The Labute approximate surface area is 159 Å². The minimum atomic E-state index is 0. The van der Waals surface area contributed by atoms with Crippen LogP contribution < -0.4 is 10.6 Å². The van der Waals surface area contributed by atoms with Crippen LogP contribution in [-0.2, 0) is 4.79 Å². The van der Waals surface area contributed by atoms with Crippen molar-refractivity contribution >= 4 is 35.8 Å². The average molecular weight is 438 g/mol. The minimum Gasteiger partial charge on any atom is -0.356 e. The molecule has 1 fully saturated rings. The van der Waals surface area contributed by atoms with Crippen molar-refractivity contribution in [3.63, 3.8) is 0 Å². The third kappa shape index (κ3) is 9.37. The smallest absolute Gasteiger partial charge is 0.224 e. The third-order valence-electron chi connectivity index (χ3n) is 4.30. The SMILES string of the molecule is CCCCCCNC(=NC)NCCC(=O)N1CCCCC1C.I. The molecule has 6 heteroatoms. The number of halogens is 1. The number of carbonyl (C=O) groups excluding carboxylic acids is 1. The first-order chi connectivity index (χ1) is 10.7. The largest absolute Gasteiger partial charge is 0.356 e. The van der Waals surface area contributed by atoms with Gasteiger partial charge in [0.2, 0.25) is 5.91 Å². The normalized spacial score (nSPS) is 18.3. The molecule has 1 rings (SSSR count). The standard InChI is InChI=1S/C17H34N4O.HI/c1-4-5-6-8-12-19-17(18-3)20-13-11-16(22)21-14-9-7-10-15(21)2;/h15H,4-14H2,1-3H3,(H2,18,19,20);1H. The van der Waals surface area contributed by atoms with Gasteiger partial charge in [-0.15, -0.1) is 24.0 Å². The summed E-state index contributed by atoms with van der Waals surface area (Å²) >= 11 is 0. The molecule has 0 aliphatic carbocycles. The Morgan fingerprint density at radius 2 is 1.91 bits per heavy atom. The van der Waals surface area contributed by atoms with E-state index in [4.69, 9.17) is 0 Å². The molecule has 0 aromatic rings. The van der Waals surface area contributed by atoms with Crippen LogP contribution in [0.25, 0.3) is 0 Å². The number of piperidine rings is 1. The monoisotopic (exact) mass is 438 g/mol. The van der Waals surface area contributed by atoms with Gasteiger partial charge in [0.25, 0.3) is 0 Å². The zero-order chi connectivity index (χ0) is 16.2. The van der Waals surface area contributed by atoms with Gasteiger partial charge < -0.3 is 15.5 Å². The Morgan fingerprint density at radius 1 is 1.17 bits per heavy atom. The lowest BCUT2D eigenvalue weighted by Gasteiger charge is -2.33. The Morgan fingerprint density at radius 3 is 2.57 bits per heavy atom. The summed E-state index contributed by atoms with van der Waals surface area (Å²) in [5.41, 5.74) is 0. The lowest BCUT2D eigenvalue weighted by atomic mass is 10.0. The van der Waals surface area contributed by atoms with Gasteiger partial charge in [0, 0.05) is 39.1 Å². The fourth-order valence-corrected chi connectivity index (χ4v) is 2.88. The van der Waals surface area contributed by atoms with Crippen LogP contribution >= 0.6 is 24.0 Å². The molecule has 23 heavy (non-hydrogen) atoms. The summed E-state index contributed by atoms with van der Waals surface area (Å²) in [5.74, 6) is 1.06. The Hall–Kier alpha value is -0.530. The van der Waals surface area contributed by atoms with Gasteiger partial charge in [-0.25, -0.2) is 0 Å². The number of rotatable bonds is 8. The van der Waals surface area contributed by atoms with Crippen molar-refractivity contribution in [3.05, 3.63) is 0 Å². The van der Waals surface area contributed by atoms with Crippen molar-refractivity contribution < 1.29 is 4.79 Å². The average Bonchev–Trinajstić information content (AvgIpc) is 2.53. The molecule has 1 heterocycles. The molecule has 136 valence electrons. The molecule has 1 aliphatic rings. The molecule has 0 spiro atoms. The predicted octanol–water partition coefficient (Wildman–Crippen LogP) is 3.14. The summed E-state index contributed by atoms with van der Waals surface area (Å²) in [7, 11) is 1.77. The molecule has 0 bridgehead atoms. The van der Waals surface area contributed by atoms with E-state index in [0.29, 0.717) is 19.0 Å². The quantitative estimate of drug-likeness (QED) is 0.265. The van der Waals surface area contributed by atoms with Crippen LogP contribution in [0.2, 0.25) is 0 Å². The molecular weight excluding hydrogens is 403 g/mol. The topological polar surface area (TPSA) is 56.7 Å². The number of nitrogens with one attached hydrogen (secondary N) is 2. The first kappa shape index (κ1) is 22.5. The highest BCUT2D eigenvalue weighted by Crippen LogP contribution is 2.16.